The fourth-order valence-electron chi connectivity index (χ4n) is 1.96. The first kappa shape index (κ1) is 14.4. The number of nitrogens with zero attached hydrogens (tertiary/aromatic N) is 1. The van der Waals surface area contributed by atoms with Gasteiger partial charge in [0.15, 0.2) is 0 Å². The molecule has 1 heterocycles. The molecular weight excluding hydrogens is 284 g/mol. The smallest absolute Gasteiger partial charge is 0.148 e. The molecule has 0 radical (unpaired) electrons. The Morgan fingerprint density at radius 1 is 1.26 bits per heavy atom. The van der Waals surface area contributed by atoms with Crippen LogP contribution in [0.25, 0.3) is 10.9 Å². The van der Waals surface area contributed by atoms with E-state index in [-0.39, 0.29) is 5.75 Å². The Labute approximate surface area is 118 Å². The van der Waals surface area contributed by atoms with E-state index >= 15 is 0 Å². The molecule has 4 nitrogen and oxygen atoms in total. The lowest BCUT2D eigenvalue weighted by molar-refractivity contribution is 0.589. The van der Waals surface area contributed by atoms with Gasteiger partial charge in [-0.1, -0.05) is 17.7 Å². The van der Waals surface area contributed by atoms with Gasteiger partial charge in [0, 0.05) is 48.0 Å². The molecule has 1 aromatic carbocycles. The third-order valence-electron chi connectivity index (χ3n) is 2.94. The van der Waals surface area contributed by atoms with E-state index in [1.165, 1.54) is 6.26 Å². The van der Waals surface area contributed by atoms with Crippen LogP contribution in [0.5, 0.6) is 0 Å². The van der Waals surface area contributed by atoms with E-state index < -0.39 is 9.84 Å². The molecule has 2 aromatic rings. The molecule has 1 aromatic heterocycles. The molecule has 0 atom stereocenters. The van der Waals surface area contributed by atoms with Gasteiger partial charge in [-0.25, -0.2) is 8.42 Å². The van der Waals surface area contributed by atoms with Gasteiger partial charge in [0.25, 0.3) is 0 Å². The van der Waals surface area contributed by atoms with Gasteiger partial charge < -0.3 is 9.88 Å². The number of benzene rings is 1. The quantitative estimate of drug-likeness (QED) is 0.829. The van der Waals surface area contributed by atoms with Crippen LogP contribution >= 0.6 is 11.6 Å². The molecule has 0 aliphatic heterocycles. The zero-order valence-electron chi connectivity index (χ0n) is 10.8. The molecule has 0 unspecified atom stereocenters. The SMILES string of the molecule is CS(=O)(=O)CCNCCn1ccc2c(Cl)cccc21. The number of halogens is 1. The maximum atomic E-state index is 11.0. The predicted molar refractivity (Wildman–Crippen MR) is 79.5 cm³/mol. The summed E-state index contributed by atoms with van der Waals surface area (Å²) in [5, 5.41) is 4.92. The maximum Gasteiger partial charge on any atom is 0.148 e. The number of rotatable bonds is 6. The third kappa shape index (κ3) is 3.96. The highest BCUT2D eigenvalue weighted by molar-refractivity contribution is 7.90. The van der Waals surface area contributed by atoms with Crippen molar-refractivity contribution >= 4 is 32.3 Å². The molecule has 0 saturated heterocycles. The molecule has 6 heteroatoms. The van der Waals surface area contributed by atoms with Gasteiger partial charge in [0.2, 0.25) is 0 Å². The molecule has 19 heavy (non-hydrogen) atoms. The monoisotopic (exact) mass is 300 g/mol. The largest absolute Gasteiger partial charge is 0.346 e. The summed E-state index contributed by atoms with van der Waals surface area (Å²) in [6.45, 7) is 2.00. The highest BCUT2D eigenvalue weighted by atomic mass is 35.5. The van der Waals surface area contributed by atoms with Crippen LogP contribution < -0.4 is 5.32 Å². The second-order valence-electron chi connectivity index (χ2n) is 4.56. The number of sulfone groups is 1. The maximum absolute atomic E-state index is 11.0. The predicted octanol–water partition coefficient (Wildman–Crippen LogP) is 1.93. The first-order valence-corrected chi connectivity index (χ1v) is 8.53. The number of hydrogen-bond acceptors (Lipinski definition) is 3. The van der Waals surface area contributed by atoms with Crippen LogP contribution in [-0.4, -0.2) is 38.1 Å². The van der Waals surface area contributed by atoms with Crippen molar-refractivity contribution in [3.05, 3.63) is 35.5 Å². The molecule has 104 valence electrons. The number of aromatic nitrogens is 1. The van der Waals surface area contributed by atoms with Crippen LogP contribution in [0.2, 0.25) is 5.02 Å². The van der Waals surface area contributed by atoms with Gasteiger partial charge in [-0.05, 0) is 18.2 Å². The Bertz CT molecular complexity index is 664. The molecule has 2 rings (SSSR count). The summed E-state index contributed by atoms with van der Waals surface area (Å²) in [5.41, 5.74) is 1.09. The fourth-order valence-corrected chi connectivity index (χ4v) is 2.71. The lowest BCUT2D eigenvalue weighted by atomic mass is 10.2. The van der Waals surface area contributed by atoms with E-state index in [1.807, 2.05) is 30.5 Å². The van der Waals surface area contributed by atoms with Crippen molar-refractivity contribution in [3.8, 4) is 0 Å². The Morgan fingerprint density at radius 2 is 2.05 bits per heavy atom. The lowest BCUT2D eigenvalue weighted by Crippen LogP contribution is -2.25. The summed E-state index contributed by atoms with van der Waals surface area (Å²) >= 11 is 6.11. The lowest BCUT2D eigenvalue weighted by Gasteiger charge is -2.07. The second-order valence-corrected chi connectivity index (χ2v) is 7.23. The molecular formula is C13H17ClN2O2S. The van der Waals surface area contributed by atoms with Crippen molar-refractivity contribution in [2.75, 3.05) is 25.1 Å². The van der Waals surface area contributed by atoms with Gasteiger partial charge in [-0.15, -0.1) is 0 Å². The average Bonchev–Trinajstić information content (AvgIpc) is 2.72. The van der Waals surface area contributed by atoms with Crippen molar-refractivity contribution in [2.45, 2.75) is 6.54 Å². The van der Waals surface area contributed by atoms with Crippen molar-refractivity contribution in [2.24, 2.45) is 0 Å². The van der Waals surface area contributed by atoms with Gasteiger partial charge in [0.1, 0.15) is 9.84 Å². The summed E-state index contributed by atoms with van der Waals surface area (Å²) in [6.07, 6.45) is 3.24. The topological polar surface area (TPSA) is 51.1 Å². The van der Waals surface area contributed by atoms with Crippen LogP contribution in [0.3, 0.4) is 0 Å². The molecule has 0 spiro atoms. The molecule has 0 saturated carbocycles. The Hall–Kier alpha value is -1.04. The van der Waals surface area contributed by atoms with Gasteiger partial charge >= 0.3 is 0 Å². The highest BCUT2D eigenvalue weighted by Crippen LogP contribution is 2.23. The first-order chi connectivity index (χ1) is 8.97. The Morgan fingerprint density at radius 3 is 2.79 bits per heavy atom. The normalized spacial score (nSPS) is 12.1. The minimum atomic E-state index is -2.89. The van der Waals surface area contributed by atoms with Gasteiger partial charge in [0.05, 0.1) is 5.75 Å². The van der Waals surface area contributed by atoms with E-state index in [1.54, 1.807) is 0 Å². The summed E-state index contributed by atoms with van der Waals surface area (Å²) < 4.78 is 24.1. The van der Waals surface area contributed by atoms with Crippen molar-refractivity contribution in [3.63, 3.8) is 0 Å². The van der Waals surface area contributed by atoms with E-state index in [9.17, 15) is 8.42 Å². The Kier molecular flexibility index (Phi) is 4.50. The minimum absolute atomic E-state index is 0.172. The van der Waals surface area contributed by atoms with Crippen molar-refractivity contribution < 1.29 is 8.42 Å². The average molecular weight is 301 g/mol. The van der Waals surface area contributed by atoms with Crippen LogP contribution in [0.4, 0.5) is 0 Å². The molecule has 0 aliphatic rings. The van der Waals surface area contributed by atoms with Gasteiger partial charge in [-0.3, -0.25) is 0 Å². The minimum Gasteiger partial charge on any atom is -0.346 e. The molecule has 0 aliphatic carbocycles. The zero-order chi connectivity index (χ0) is 13.9. The van der Waals surface area contributed by atoms with Crippen molar-refractivity contribution in [1.82, 2.24) is 9.88 Å². The van der Waals surface area contributed by atoms with Crippen LogP contribution in [0.1, 0.15) is 0 Å². The standard InChI is InChI=1S/C13H17ClN2O2S/c1-19(17,18)10-7-15-6-9-16-8-5-11-12(14)3-2-4-13(11)16/h2-5,8,15H,6-7,9-10H2,1H3. The number of hydrogen-bond donors (Lipinski definition) is 1. The van der Waals surface area contributed by atoms with E-state index in [0.29, 0.717) is 6.54 Å². The summed E-state index contributed by atoms with van der Waals surface area (Å²) in [5.74, 6) is 0.172. The van der Waals surface area contributed by atoms with Gasteiger partial charge in [-0.2, -0.15) is 0 Å². The summed E-state index contributed by atoms with van der Waals surface area (Å²) in [6, 6.07) is 7.82. The molecule has 1 N–H and O–H groups in total. The van der Waals surface area contributed by atoms with Crippen molar-refractivity contribution in [1.29, 1.82) is 0 Å². The fraction of sp³-hybridized carbons (Fsp3) is 0.385. The zero-order valence-corrected chi connectivity index (χ0v) is 12.3. The summed E-state index contributed by atoms with van der Waals surface area (Å²) in [7, 11) is -2.89. The van der Waals surface area contributed by atoms with Crippen LogP contribution in [0.15, 0.2) is 30.5 Å². The van der Waals surface area contributed by atoms with E-state index in [2.05, 4.69) is 9.88 Å². The number of fused-ring (bicyclic) bond motifs is 1. The van der Waals surface area contributed by atoms with Crippen LogP contribution in [0, 0.1) is 0 Å². The third-order valence-corrected chi connectivity index (χ3v) is 4.21. The Balaban J connectivity index is 1.90. The summed E-state index contributed by atoms with van der Waals surface area (Å²) in [4.78, 5) is 0. The molecule has 0 bridgehead atoms. The second kappa shape index (κ2) is 5.94. The number of nitrogens with one attached hydrogen (secondary N) is 1. The van der Waals surface area contributed by atoms with E-state index in [4.69, 9.17) is 11.6 Å². The van der Waals surface area contributed by atoms with E-state index in [0.717, 1.165) is 29.0 Å². The van der Waals surface area contributed by atoms with Crippen LogP contribution in [-0.2, 0) is 16.4 Å². The highest BCUT2D eigenvalue weighted by Gasteiger charge is 2.04. The molecule has 0 fully saturated rings. The molecule has 0 amide bonds. The first-order valence-electron chi connectivity index (χ1n) is 6.09.